The quantitative estimate of drug-likeness (QED) is 0.131. The zero-order valence-corrected chi connectivity index (χ0v) is 20.7. The molecule has 37 heavy (non-hydrogen) atoms. The van der Waals surface area contributed by atoms with Gasteiger partial charge in [0, 0.05) is 16.7 Å². The van der Waals surface area contributed by atoms with E-state index in [1.165, 1.54) is 24.3 Å². The van der Waals surface area contributed by atoms with E-state index < -0.39 is 35.9 Å². The van der Waals surface area contributed by atoms with Crippen molar-refractivity contribution in [2.24, 2.45) is 21.7 Å². The number of nitrogens with zero attached hydrogens (tertiary/aromatic N) is 3. The monoisotopic (exact) mass is 528 g/mol. The van der Waals surface area contributed by atoms with E-state index in [0.29, 0.717) is 15.4 Å². The van der Waals surface area contributed by atoms with Crippen LogP contribution in [0.15, 0.2) is 52.6 Å². The maximum Gasteiger partial charge on any atom is 0.325 e. The number of carboxylic acids is 1. The maximum atomic E-state index is 14.9. The summed E-state index contributed by atoms with van der Waals surface area (Å²) in [7, 11) is 0. The Bertz CT molecular complexity index is 1380. The van der Waals surface area contributed by atoms with Crippen LogP contribution in [0.25, 0.3) is 10.4 Å². The van der Waals surface area contributed by atoms with Gasteiger partial charge in [0.2, 0.25) is 0 Å². The average Bonchev–Trinajstić information content (AvgIpc) is 3.24. The Kier molecular flexibility index (Phi) is 8.32. The fraction of sp³-hybridized carbons (Fsp3) is 0.208. The summed E-state index contributed by atoms with van der Waals surface area (Å²) in [5, 5.41) is 36.1. The number of primary amides is 1. The lowest BCUT2D eigenvalue weighted by atomic mass is 9.96. The summed E-state index contributed by atoms with van der Waals surface area (Å²) in [6.45, 7) is 2.56. The molecule has 3 aromatic rings. The molecule has 1 atom stereocenters. The number of aliphatic hydroxyl groups is 2. The summed E-state index contributed by atoms with van der Waals surface area (Å²) in [5.74, 6) is 3.03. The van der Waals surface area contributed by atoms with Gasteiger partial charge in [0.25, 0.3) is 5.91 Å². The summed E-state index contributed by atoms with van der Waals surface area (Å²) in [4.78, 5) is 31.1. The first-order valence-corrected chi connectivity index (χ1v) is 11.6. The van der Waals surface area contributed by atoms with Gasteiger partial charge >= 0.3 is 5.97 Å². The van der Waals surface area contributed by atoms with Crippen LogP contribution in [0.5, 0.6) is 0 Å². The third-order valence-electron chi connectivity index (χ3n) is 5.11. The van der Waals surface area contributed by atoms with E-state index in [-0.39, 0.29) is 28.4 Å². The molecule has 0 spiro atoms. The number of hydrogen-bond donors (Lipinski definition) is 6. The summed E-state index contributed by atoms with van der Waals surface area (Å²) < 4.78 is 14.9. The zero-order valence-electron chi connectivity index (χ0n) is 19.8. The SMILES string of the molecule is CC(C)(O)c1ccc(-c2cc(C(N)=O)c(Nc3cccc(C(O)/C(C=NCC(=O)O)=N/N)n3)s2)c(F)c1. The van der Waals surface area contributed by atoms with Crippen molar-refractivity contribution < 1.29 is 29.3 Å². The number of amides is 1. The van der Waals surface area contributed by atoms with Crippen LogP contribution in [0.4, 0.5) is 15.2 Å². The number of nitrogens with one attached hydrogen (secondary N) is 1. The molecule has 0 saturated heterocycles. The first-order valence-electron chi connectivity index (χ1n) is 10.8. The number of rotatable bonds is 10. The number of hydrogen-bond acceptors (Lipinski definition) is 10. The van der Waals surface area contributed by atoms with Crippen molar-refractivity contribution in [3.63, 3.8) is 0 Å². The second-order valence-corrected chi connectivity index (χ2v) is 9.42. The van der Waals surface area contributed by atoms with Crippen molar-refractivity contribution in [2.75, 3.05) is 11.9 Å². The lowest BCUT2D eigenvalue weighted by molar-refractivity contribution is -0.135. The topological polar surface area (TPSA) is 197 Å². The van der Waals surface area contributed by atoms with Gasteiger partial charge in [0.1, 0.15) is 35.0 Å². The molecule has 8 N–H and O–H groups in total. The van der Waals surface area contributed by atoms with Crippen LogP contribution in [-0.2, 0) is 10.4 Å². The highest BCUT2D eigenvalue weighted by Gasteiger charge is 2.22. The van der Waals surface area contributed by atoms with E-state index in [1.807, 2.05) is 0 Å². The van der Waals surface area contributed by atoms with Crippen LogP contribution < -0.4 is 16.9 Å². The van der Waals surface area contributed by atoms with Crippen molar-refractivity contribution in [1.82, 2.24) is 4.98 Å². The van der Waals surface area contributed by atoms with Crippen LogP contribution in [0, 0.1) is 5.82 Å². The Morgan fingerprint density at radius 3 is 2.59 bits per heavy atom. The molecule has 1 aromatic carbocycles. The van der Waals surface area contributed by atoms with Crippen LogP contribution in [0.1, 0.15) is 41.6 Å². The molecular formula is C24H25FN6O5S. The summed E-state index contributed by atoms with van der Waals surface area (Å²) in [5.41, 5.74) is 5.02. The molecule has 0 aliphatic carbocycles. The van der Waals surface area contributed by atoms with Gasteiger partial charge in [-0.05, 0) is 43.7 Å². The minimum atomic E-state index is -1.41. The summed E-state index contributed by atoms with van der Waals surface area (Å²) in [6.07, 6.45) is -0.378. The van der Waals surface area contributed by atoms with Gasteiger partial charge in [0.15, 0.2) is 0 Å². The van der Waals surface area contributed by atoms with Gasteiger partial charge < -0.3 is 32.2 Å². The zero-order chi connectivity index (χ0) is 27.3. The molecule has 0 fully saturated rings. The predicted octanol–water partition coefficient (Wildman–Crippen LogP) is 2.52. The number of nitrogens with two attached hydrogens (primary N) is 2. The number of thiophene rings is 1. The number of aliphatic imine (C=N–C) groups is 1. The highest BCUT2D eigenvalue weighted by molar-refractivity contribution is 7.20. The lowest BCUT2D eigenvalue weighted by Gasteiger charge is -2.18. The number of hydrazone groups is 1. The molecular weight excluding hydrogens is 503 g/mol. The maximum absolute atomic E-state index is 14.9. The van der Waals surface area contributed by atoms with Gasteiger partial charge in [-0.2, -0.15) is 5.10 Å². The van der Waals surface area contributed by atoms with Crippen LogP contribution in [0.2, 0.25) is 0 Å². The molecule has 1 unspecified atom stereocenters. The van der Waals surface area contributed by atoms with E-state index in [1.54, 1.807) is 32.0 Å². The molecule has 11 nitrogen and oxygen atoms in total. The molecule has 13 heteroatoms. The summed E-state index contributed by atoms with van der Waals surface area (Å²) >= 11 is 1.06. The fourth-order valence-electron chi connectivity index (χ4n) is 3.23. The van der Waals surface area contributed by atoms with Gasteiger partial charge in [0.05, 0.1) is 16.9 Å². The van der Waals surface area contributed by atoms with Crippen molar-refractivity contribution in [1.29, 1.82) is 0 Å². The van der Waals surface area contributed by atoms with E-state index in [0.717, 1.165) is 17.6 Å². The van der Waals surface area contributed by atoms with Crippen LogP contribution >= 0.6 is 11.3 Å². The molecule has 0 radical (unpaired) electrons. The second kappa shape index (κ2) is 11.2. The number of halogens is 1. The highest BCUT2D eigenvalue weighted by Crippen LogP contribution is 2.38. The molecule has 2 heterocycles. The smallest absolute Gasteiger partial charge is 0.325 e. The largest absolute Gasteiger partial charge is 0.480 e. The number of anilines is 2. The summed E-state index contributed by atoms with van der Waals surface area (Å²) in [6, 6.07) is 10.4. The van der Waals surface area contributed by atoms with Crippen molar-refractivity contribution >= 4 is 46.0 Å². The Morgan fingerprint density at radius 2 is 2.00 bits per heavy atom. The van der Waals surface area contributed by atoms with E-state index >= 15 is 0 Å². The molecule has 1 amide bonds. The van der Waals surface area contributed by atoms with E-state index in [4.69, 9.17) is 16.7 Å². The average molecular weight is 529 g/mol. The molecule has 3 rings (SSSR count). The van der Waals surface area contributed by atoms with Gasteiger partial charge in [-0.1, -0.05) is 18.2 Å². The molecule has 194 valence electrons. The number of carbonyl (C=O) groups excluding carboxylic acids is 1. The Labute approximate surface area is 215 Å². The van der Waals surface area contributed by atoms with Gasteiger partial charge in [-0.15, -0.1) is 11.3 Å². The van der Waals surface area contributed by atoms with Crippen LogP contribution in [-0.4, -0.2) is 50.7 Å². The third kappa shape index (κ3) is 6.73. The number of carbonyl (C=O) groups is 2. The van der Waals surface area contributed by atoms with Crippen molar-refractivity contribution in [3.8, 4) is 10.4 Å². The number of pyridine rings is 1. The first-order chi connectivity index (χ1) is 17.4. The van der Waals surface area contributed by atoms with E-state index in [9.17, 15) is 24.2 Å². The molecule has 2 aromatic heterocycles. The minimum Gasteiger partial charge on any atom is -0.480 e. The van der Waals surface area contributed by atoms with Crippen molar-refractivity contribution in [3.05, 3.63) is 65.1 Å². The number of benzene rings is 1. The number of carboxylic acid groups (broad SMARTS) is 1. The normalized spacial score (nSPS) is 13.1. The molecule has 0 bridgehead atoms. The number of aliphatic hydroxyl groups excluding tert-OH is 1. The third-order valence-corrected chi connectivity index (χ3v) is 6.19. The van der Waals surface area contributed by atoms with Gasteiger partial charge in [-0.25, -0.2) is 9.37 Å². The highest BCUT2D eigenvalue weighted by atomic mass is 32.1. The van der Waals surface area contributed by atoms with Crippen LogP contribution in [0.3, 0.4) is 0 Å². The predicted molar refractivity (Wildman–Crippen MR) is 139 cm³/mol. The Morgan fingerprint density at radius 1 is 1.27 bits per heavy atom. The Hall–Kier alpha value is -4.20. The minimum absolute atomic E-state index is 0.101. The van der Waals surface area contributed by atoms with E-state index in [2.05, 4.69) is 20.4 Å². The molecule has 0 aliphatic rings. The Balaban J connectivity index is 1.91. The molecule has 0 aliphatic heterocycles. The fourth-order valence-corrected chi connectivity index (χ4v) is 4.33. The number of aromatic nitrogens is 1. The standard InChI is InChI=1S/C24H25FN6O5S/c1-24(2,36)12-6-7-13(15(25)8-12)18-9-14(22(26)35)23(37-18)30-19-5-3-4-16(29-19)21(34)17(31-27)10-28-11-20(32)33/h3-10,21,34,36H,11,27H2,1-2H3,(H2,26,35)(H,29,30)(H,32,33)/b28-10?,31-17+. The first kappa shape index (κ1) is 27.4. The van der Waals surface area contributed by atoms with Gasteiger partial charge in [-0.3, -0.25) is 14.6 Å². The lowest BCUT2D eigenvalue weighted by Crippen LogP contribution is -2.18. The second-order valence-electron chi connectivity index (χ2n) is 8.36. The molecule has 0 saturated carbocycles. The van der Waals surface area contributed by atoms with Crippen molar-refractivity contribution in [2.45, 2.75) is 25.6 Å². The number of aliphatic carboxylic acids is 1.